The molecule has 1 rings (SSSR count). The van der Waals surface area contributed by atoms with E-state index in [0.717, 1.165) is 0 Å². The first kappa shape index (κ1) is 12.4. The maximum absolute atomic E-state index is 10.9. The summed E-state index contributed by atoms with van der Waals surface area (Å²) in [5, 5.41) is 26.9. The maximum atomic E-state index is 10.9. The number of aromatic nitrogens is 2. The molecule has 0 aromatic carbocycles. The van der Waals surface area contributed by atoms with Gasteiger partial charge in [-0.25, -0.2) is 4.68 Å². The van der Waals surface area contributed by atoms with Gasteiger partial charge in [0.1, 0.15) is 5.69 Å². The Morgan fingerprint density at radius 3 is 2.75 bits per heavy atom. The molecule has 0 saturated heterocycles. The zero-order chi connectivity index (χ0) is 12.3. The summed E-state index contributed by atoms with van der Waals surface area (Å²) in [5.41, 5.74) is 0.436. The first-order valence-electron chi connectivity index (χ1n) is 5.09. The number of hydrogen-bond donors (Lipinski definition) is 2. The van der Waals surface area contributed by atoms with E-state index >= 15 is 0 Å². The standard InChI is InChI=1S/C9H16N4O3/c1-4-7-8(13(15)16)9(12(3)11-7)10-5-6(2)14/h6,10,14H,4-5H2,1-3H3. The molecule has 90 valence electrons. The van der Waals surface area contributed by atoms with Crippen molar-refractivity contribution in [2.24, 2.45) is 7.05 Å². The van der Waals surface area contributed by atoms with Gasteiger partial charge in [0, 0.05) is 13.6 Å². The van der Waals surface area contributed by atoms with Gasteiger partial charge in [0.05, 0.1) is 11.0 Å². The van der Waals surface area contributed by atoms with Crippen LogP contribution in [0.15, 0.2) is 0 Å². The van der Waals surface area contributed by atoms with Gasteiger partial charge >= 0.3 is 5.69 Å². The summed E-state index contributed by atoms with van der Waals surface area (Å²) in [4.78, 5) is 10.5. The molecule has 1 aromatic heterocycles. The van der Waals surface area contributed by atoms with E-state index in [4.69, 9.17) is 5.11 Å². The summed E-state index contributed by atoms with van der Waals surface area (Å²) >= 11 is 0. The molecule has 0 fully saturated rings. The lowest BCUT2D eigenvalue weighted by Gasteiger charge is -2.07. The highest BCUT2D eigenvalue weighted by molar-refractivity contribution is 5.59. The number of nitrogens with zero attached hydrogens (tertiary/aromatic N) is 3. The average Bonchev–Trinajstić information content (AvgIpc) is 2.51. The summed E-state index contributed by atoms with van der Waals surface area (Å²) in [5.74, 6) is 0.336. The van der Waals surface area contributed by atoms with E-state index in [1.54, 1.807) is 14.0 Å². The normalized spacial score (nSPS) is 12.5. The Labute approximate surface area is 93.2 Å². The molecule has 1 heterocycles. The molecule has 0 radical (unpaired) electrons. The van der Waals surface area contributed by atoms with Gasteiger partial charge in [-0.1, -0.05) is 6.92 Å². The van der Waals surface area contributed by atoms with Crippen molar-refractivity contribution in [2.45, 2.75) is 26.4 Å². The van der Waals surface area contributed by atoms with Crippen LogP contribution in [-0.4, -0.2) is 32.5 Å². The lowest BCUT2D eigenvalue weighted by atomic mass is 10.3. The largest absolute Gasteiger partial charge is 0.392 e. The number of aliphatic hydroxyl groups is 1. The van der Waals surface area contributed by atoms with Crippen molar-refractivity contribution in [2.75, 3.05) is 11.9 Å². The fraction of sp³-hybridized carbons (Fsp3) is 0.667. The first-order valence-corrected chi connectivity index (χ1v) is 5.09. The van der Waals surface area contributed by atoms with E-state index in [2.05, 4.69) is 10.4 Å². The molecular weight excluding hydrogens is 212 g/mol. The van der Waals surface area contributed by atoms with Crippen LogP contribution in [0.3, 0.4) is 0 Å². The molecule has 2 N–H and O–H groups in total. The predicted molar refractivity (Wildman–Crippen MR) is 59.4 cm³/mol. The SMILES string of the molecule is CCc1nn(C)c(NCC(C)O)c1[N+](=O)[O-]. The Kier molecular flexibility index (Phi) is 3.83. The number of nitrogens with one attached hydrogen (secondary N) is 1. The van der Waals surface area contributed by atoms with Crippen molar-refractivity contribution in [3.05, 3.63) is 15.8 Å². The highest BCUT2D eigenvalue weighted by Gasteiger charge is 2.25. The fourth-order valence-electron chi connectivity index (χ4n) is 1.44. The van der Waals surface area contributed by atoms with Gasteiger partial charge in [0.15, 0.2) is 0 Å². The van der Waals surface area contributed by atoms with Gasteiger partial charge in [-0.3, -0.25) is 10.1 Å². The number of nitro groups is 1. The van der Waals surface area contributed by atoms with Crippen molar-refractivity contribution < 1.29 is 10.0 Å². The highest BCUT2D eigenvalue weighted by atomic mass is 16.6. The minimum atomic E-state index is -0.570. The van der Waals surface area contributed by atoms with Crippen molar-refractivity contribution in [3.63, 3.8) is 0 Å². The minimum Gasteiger partial charge on any atom is -0.392 e. The van der Waals surface area contributed by atoms with E-state index in [1.807, 2.05) is 6.92 Å². The second-order valence-electron chi connectivity index (χ2n) is 3.61. The lowest BCUT2D eigenvalue weighted by Crippen LogP contribution is -2.17. The molecule has 16 heavy (non-hydrogen) atoms. The summed E-state index contributed by atoms with van der Waals surface area (Å²) in [6, 6.07) is 0. The molecular formula is C9H16N4O3. The van der Waals surface area contributed by atoms with Crippen LogP contribution in [0.4, 0.5) is 11.5 Å². The quantitative estimate of drug-likeness (QED) is 0.571. The number of aryl methyl sites for hydroxylation is 2. The molecule has 0 amide bonds. The van der Waals surface area contributed by atoms with Gasteiger partial charge < -0.3 is 10.4 Å². The molecule has 1 atom stereocenters. The third kappa shape index (κ3) is 2.48. The number of rotatable bonds is 5. The number of aliphatic hydroxyl groups excluding tert-OH is 1. The van der Waals surface area contributed by atoms with Gasteiger partial charge in [0.25, 0.3) is 0 Å². The topological polar surface area (TPSA) is 93.2 Å². The third-order valence-electron chi connectivity index (χ3n) is 2.17. The van der Waals surface area contributed by atoms with E-state index in [0.29, 0.717) is 17.9 Å². The molecule has 1 unspecified atom stereocenters. The highest BCUT2D eigenvalue weighted by Crippen LogP contribution is 2.28. The van der Waals surface area contributed by atoms with E-state index < -0.39 is 11.0 Å². The minimum absolute atomic E-state index is 0.00866. The van der Waals surface area contributed by atoms with E-state index in [-0.39, 0.29) is 12.2 Å². The second kappa shape index (κ2) is 4.93. The zero-order valence-electron chi connectivity index (χ0n) is 9.60. The molecule has 0 saturated carbocycles. The molecule has 0 spiro atoms. The molecule has 0 bridgehead atoms. The average molecular weight is 228 g/mol. The molecule has 0 aliphatic carbocycles. The van der Waals surface area contributed by atoms with Crippen LogP contribution in [0.2, 0.25) is 0 Å². The van der Waals surface area contributed by atoms with Crippen LogP contribution in [-0.2, 0) is 13.5 Å². The Hall–Kier alpha value is -1.63. The molecule has 0 aliphatic heterocycles. The third-order valence-corrected chi connectivity index (χ3v) is 2.17. The van der Waals surface area contributed by atoms with Crippen molar-refractivity contribution in [3.8, 4) is 0 Å². The first-order chi connectivity index (χ1) is 7.47. The Bertz CT molecular complexity index is 386. The summed E-state index contributed by atoms with van der Waals surface area (Å²) in [6.07, 6.45) is -0.0693. The van der Waals surface area contributed by atoms with Crippen LogP contribution >= 0.6 is 0 Å². The van der Waals surface area contributed by atoms with Crippen LogP contribution in [0, 0.1) is 10.1 Å². The van der Waals surface area contributed by atoms with Crippen molar-refractivity contribution in [1.82, 2.24) is 9.78 Å². The summed E-state index contributed by atoms with van der Waals surface area (Å²) in [7, 11) is 1.64. The monoisotopic (exact) mass is 228 g/mol. The Balaban J connectivity index is 3.05. The second-order valence-corrected chi connectivity index (χ2v) is 3.61. The van der Waals surface area contributed by atoms with Gasteiger partial charge in [0.2, 0.25) is 5.82 Å². The summed E-state index contributed by atoms with van der Waals surface area (Å²) in [6.45, 7) is 3.67. The molecule has 7 heteroatoms. The Morgan fingerprint density at radius 1 is 1.69 bits per heavy atom. The van der Waals surface area contributed by atoms with Crippen LogP contribution in [0.1, 0.15) is 19.5 Å². The van der Waals surface area contributed by atoms with Gasteiger partial charge in [-0.05, 0) is 13.3 Å². The molecule has 7 nitrogen and oxygen atoms in total. The summed E-state index contributed by atoms with van der Waals surface area (Å²) < 4.78 is 1.43. The van der Waals surface area contributed by atoms with E-state index in [1.165, 1.54) is 4.68 Å². The van der Waals surface area contributed by atoms with Crippen LogP contribution in [0.5, 0.6) is 0 Å². The predicted octanol–water partition coefficient (Wildman–Crippen LogP) is 0.683. The zero-order valence-corrected chi connectivity index (χ0v) is 9.60. The van der Waals surface area contributed by atoms with Crippen LogP contribution < -0.4 is 5.32 Å². The van der Waals surface area contributed by atoms with Crippen molar-refractivity contribution in [1.29, 1.82) is 0 Å². The number of anilines is 1. The van der Waals surface area contributed by atoms with E-state index in [9.17, 15) is 10.1 Å². The molecule has 1 aromatic rings. The number of hydrogen-bond acceptors (Lipinski definition) is 5. The smallest absolute Gasteiger partial charge is 0.333 e. The maximum Gasteiger partial charge on any atom is 0.333 e. The fourth-order valence-corrected chi connectivity index (χ4v) is 1.44. The molecule has 0 aliphatic rings. The van der Waals surface area contributed by atoms with Crippen LogP contribution in [0.25, 0.3) is 0 Å². The van der Waals surface area contributed by atoms with Gasteiger partial charge in [-0.2, -0.15) is 5.10 Å². The van der Waals surface area contributed by atoms with Crippen molar-refractivity contribution >= 4 is 11.5 Å². The Morgan fingerprint density at radius 2 is 2.31 bits per heavy atom. The van der Waals surface area contributed by atoms with Gasteiger partial charge in [-0.15, -0.1) is 0 Å². The lowest BCUT2D eigenvalue weighted by molar-refractivity contribution is -0.384.